The van der Waals surface area contributed by atoms with Crippen LogP contribution in [0.4, 0.5) is 0 Å². The highest BCUT2D eigenvalue weighted by Crippen LogP contribution is 2.37. The van der Waals surface area contributed by atoms with Gasteiger partial charge in [0.15, 0.2) is 6.29 Å². The Bertz CT molecular complexity index is 528. The van der Waals surface area contributed by atoms with E-state index >= 15 is 0 Å². The van der Waals surface area contributed by atoms with E-state index in [1.807, 2.05) is 0 Å². The first-order valence-corrected chi connectivity index (χ1v) is 11.7. The second-order valence-electron chi connectivity index (χ2n) is 8.61. The molecule has 3 fully saturated rings. The molecular formula is C23H39NO6. The average Bonchev–Trinajstić information content (AvgIpc) is 2.92. The molecule has 7 nitrogen and oxygen atoms in total. The van der Waals surface area contributed by atoms with Gasteiger partial charge in [0.25, 0.3) is 0 Å². The van der Waals surface area contributed by atoms with Crippen molar-refractivity contribution in [3.8, 4) is 0 Å². The zero-order valence-electron chi connectivity index (χ0n) is 18.4. The van der Waals surface area contributed by atoms with E-state index < -0.39 is 0 Å². The van der Waals surface area contributed by atoms with Crippen molar-refractivity contribution in [2.45, 2.75) is 82.3 Å². The quantitative estimate of drug-likeness (QED) is 0.346. The number of ether oxygens (including phenoxy) is 4. The summed E-state index contributed by atoms with van der Waals surface area (Å²) in [6.45, 7) is 4.15. The maximum Gasteiger partial charge on any atom is 0.305 e. The number of methoxy groups -OCH3 is 1. The van der Waals surface area contributed by atoms with Crippen LogP contribution < -0.4 is 0 Å². The molecule has 1 saturated carbocycles. The van der Waals surface area contributed by atoms with Crippen molar-refractivity contribution >= 4 is 5.97 Å². The summed E-state index contributed by atoms with van der Waals surface area (Å²) >= 11 is 0. The molecule has 3 aliphatic rings. The van der Waals surface area contributed by atoms with Crippen molar-refractivity contribution in [3.05, 3.63) is 12.2 Å². The molecule has 0 radical (unpaired) electrons. The van der Waals surface area contributed by atoms with Crippen molar-refractivity contribution < 1.29 is 28.8 Å². The molecule has 1 N–H and O–H groups in total. The summed E-state index contributed by atoms with van der Waals surface area (Å²) in [7, 11) is 1.42. The predicted molar refractivity (Wildman–Crippen MR) is 113 cm³/mol. The van der Waals surface area contributed by atoms with E-state index in [4.69, 9.17) is 14.2 Å². The molecule has 0 bridgehead atoms. The Labute approximate surface area is 180 Å². The van der Waals surface area contributed by atoms with Crippen LogP contribution in [0.1, 0.15) is 57.8 Å². The second-order valence-corrected chi connectivity index (χ2v) is 8.61. The number of hydrogen-bond acceptors (Lipinski definition) is 7. The molecule has 1 aliphatic carbocycles. The fourth-order valence-electron chi connectivity index (χ4n) is 4.91. The Balaban J connectivity index is 1.59. The topological polar surface area (TPSA) is 77.5 Å². The Morgan fingerprint density at radius 1 is 1.17 bits per heavy atom. The van der Waals surface area contributed by atoms with Crippen LogP contribution in [0.15, 0.2) is 12.2 Å². The van der Waals surface area contributed by atoms with Crippen LogP contribution in [0.3, 0.4) is 0 Å². The van der Waals surface area contributed by atoms with E-state index in [0.717, 1.165) is 77.9 Å². The SMILES string of the molecule is COC(=O)CCCC=CC[C@@H]1[C@@H](N2CCCOCC2)[C@H](OC2CCCCO2)C[C@@H]1O. The van der Waals surface area contributed by atoms with Crippen LogP contribution in [0, 0.1) is 5.92 Å². The monoisotopic (exact) mass is 425 g/mol. The van der Waals surface area contributed by atoms with Gasteiger partial charge in [-0.05, 0) is 44.9 Å². The first-order chi connectivity index (χ1) is 14.7. The molecule has 172 valence electrons. The molecule has 1 unspecified atom stereocenters. The Morgan fingerprint density at radius 2 is 2.07 bits per heavy atom. The maximum absolute atomic E-state index is 11.2. The Hall–Kier alpha value is -0.990. The van der Waals surface area contributed by atoms with Gasteiger partial charge in [0.2, 0.25) is 0 Å². The minimum absolute atomic E-state index is 0.0149. The van der Waals surface area contributed by atoms with E-state index in [9.17, 15) is 9.90 Å². The summed E-state index contributed by atoms with van der Waals surface area (Å²) in [6, 6.07) is 0.173. The summed E-state index contributed by atoms with van der Waals surface area (Å²) < 4.78 is 22.6. The van der Waals surface area contributed by atoms with Gasteiger partial charge in [0.05, 0.1) is 25.9 Å². The number of aliphatic hydroxyl groups is 1. The number of allylic oxidation sites excluding steroid dienone is 2. The van der Waals surface area contributed by atoms with E-state index in [-0.39, 0.29) is 36.4 Å². The highest BCUT2D eigenvalue weighted by Gasteiger charge is 2.46. The molecule has 3 rings (SSSR count). The zero-order valence-corrected chi connectivity index (χ0v) is 18.4. The van der Waals surface area contributed by atoms with Gasteiger partial charge in [-0.1, -0.05) is 12.2 Å². The van der Waals surface area contributed by atoms with Crippen LogP contribution in [-0.4, -0.2) is 80.5 Å². The molecule has 0 aromatic rings. The van der Waals surface area contributed by atoms with Crippen molar-refractivity contribution in [1.29, 1.82) is 0 Å². The summed E-state index contributed by atoms with van der Waals surface area (Å²) in [5.41, 5.74) is 0. The Kier molecular flexibility index (Phi) is 10.1. The summed E-state index contributed by atoms with van der Waals surface area (Å²) in [6.07, 6.45) is 11.5. The molecule has 5 atom stereocenters. The van der Waals surface area contributed by atoms with Gasteiger partial charge in [0, 0.05) is 51.1 Å². The average molecular weight is 426 g/mol. The molecule has 7 heteroatoms. The van der Waals surface area contributed by atoms with Crippen LogP contribution in [0.25, 0.3) is 0 Å². The zero-order chi connectivity index (χ0) is 21.2. The number of aliphatic hydroxyl groups excluding tert-OH is 1. The molecule has 2 saturated heterocycles. The summed E-state index contributed by atoms with van der Waals surface area (Å²) in [4.78, 5) is 13.7. The van der Waals surface area contributed by atoms with E-state index in [2.05, 4.69) is 21.8 Å². The lowest BCUT2D eigenvalue weighted by Gasteiger charge is -2.37. The lowest BCUT2D eigenvalue weighted by Crippen LogP contribution is -2.48. The molecule has 0 amide bonds. The lowest BCUT2D eigenvalue weighted by atomic mass is 9.95. The van der Waals surface area contributed by atoms with E-state index in [0.29, 0.717) is 12.8 Å². The molecule has 30 heavy (non-hydrogen) atoms. The third-order valence-corrected chi connectivity index (χ3v) is 6.48. The summed E-state index contributed by atoms with van der Waals surface area (Å²) in [5.74, 6) is -0.0310. The third kappa shape index (κ3) is 7.02. The molecule has 0 spiro atoms. The number of carbonyl (C=O) groups is 1. The van der Waals surface area contributed by atoms with Gasteiger partial charge in [-0.2, -0.15) is 0 Å². The fourth-order valence-corrected chi connectivity index (χ4v) is 4.91. The Morgan fingerprint density at radius 3 is 2.87 bits per heavy atom. The number of esters is 1. The fraction of sp³-hybridized carbons (Fsp3) is 0.870. The minimum Gasteiger partial charge on any atom is -0.469 e. The van der Waals surface area contributed by atoms with Crippen LogP contribution in [0.5, 0.6) is 0 Å². The number of nitrogens with zero attached hydrogens (tertiary/aromatic N) is 1. The van der Waals surface area contributed by atoms with Gasteiger partial charge in [0.1, 0.15) is 0 Å². The lowest BCUT2D eigenvalue weighted by molar-refractivity contribution is -0.198. The second kappa shape index (κ2) is 12.8. The van der Waals surface area contributed by atoms with Crippen molar-refractivity contribution in [1.82, 2.24) is 4.90 Å². The highest BCUT2D eigenvalue weighted by molar-refractivity contribution is 5.69. The van der Waals surface area contributed by atoms with Gasteiger partial charge in [-0.15, -0.1) is 0 Å². The predicted octanol–water partition coefficient (Wildman–Crippen LogP) is 2.66. The molecular weight excluding hydrogens is 386 g/mol. The first-order valence-electron chi connectivity index (χ1n) is 11.7. The number of unbranched alkanes of at least 4 members (excludes halogenated alkanes) is 1. The maximum atomic E-state index is 11.2. The van der Waals surface area contributed by atoms with Crippen molar-refractivity contribution in [2.24, 2.45) is 5.92 Å². The number of rotatable bonds is 9. The smallest absolute Gasteiger partial charge is 0.305 e. The van der Waals surface area contributed by atoms with Crippen molar-refractivity contribution in [3.63, 3.8) is 0 Å². The van der Waals surface area contributed by atoms with Crippen LogP contribution in [-0.2, 0) is 23.7 Å². The van der Waals surface area contributed by atoms with Crippen LogP contribution in [0.2, 0.25) is 0 Å². The van der Waals surface area contributed by atoms with Crippen LogP contribution >= 0.6 is 0 Å². The number of carbonyl (C=O) groups excluding carboxylic acids is 1. The third-order valence-electron chi connectivity index (χ3n) is 6.48. The minimum atomic E-state index is -0.382. The number of hydrogen-bond donors (Lipinski definition) is 1. The van der Waals surface area contributed by atoms with Gasteiger partial charge in [-0.3, -0.25) is 9.69 Å². The molecule has 2 aliphatic heterocycles. The first kappa shape index (κ1) is 23.7. The summed E-state index contributed by atoms with van der Waals surface area (Å²) in [5, 5.41) is 10.9. The van der Waals surface area contributed by atoms with Gasteiger partial charge < -0.3 is 24.1 Å². The van der Waals surface area contributed by atoms with E-state index in [1.165, 1.54) is 7.11 Å². The highest BCUT2D eigenvalue weighted by atomic mass is 16.7. The molecule has 0 aromatic carbocycles. The standard InChI is InChI=1S/C23H39NO6/c1-27-21(26)10-5-3-2-4-9-18-19(25)17-20(30-22-11-6-7-15-29-22)23(18)24-12-8-14-28-16-13-24/h2,4,18-20,22-23,25H,3,5-17H2,1H3/t18-,19-,20+,22?,23+/m0/s1. The van der Waals surface area contributed by atoms with Gasteiger partial charge in [-0.25, -0.2) is 0 Å². The molecule has 2 heterocycles. The van der Waals surface area contributed by atoms with E-state index in [1.54, 1.807) is 0 Å². The van der Waals surface area contributed by atoms with Gasteiger partial charge >= 0.3 is 5.97 Å². The van der Waals surface area contributed by atoms with Crippen molar-refractivity contribution in [2.75, 3.05) is 40.0 Å². The molecule has 0 aromatic heterocycles. The largest absolute Gasteiger partial charge is 0.469 e. The normalized spacial score (nSPS) is 33.6.